The maximum atomic E-state index is 12.5. The van der Waals surface area contributed by atoms with Crippen molar-refractivity contribution in [2.75, 3.05) is 29.9 Å². The molecule has 1 saturated heterocycles. The van der Waals surface area contributed by atoms with E-state index < -0.39 is 19.2 Å². The zero-order chi connectivity index (χ0) is 23.9. The standard InChI is InChI=1S/C25H26BrF3N4O/c1-16-10-18(14-19(11-16)34-9-6-25(27,28)29)32-23-22-20(30-15-31-23)12-17(26)13-21(22)33-7-4-24(2-3-24)5-8-33/h10-15H,2-9H2,1H3,(H,30,31,32). The van der Waals surface area contributed by atoms with Crippen molar-refractivity contribution >= 4 is 44.0 Å². The van der Waals surface area contributed by atoms with Gasteiger partial charge < -0.3 is 15.0 Å². The first-order chi connectivity index (χ1) is 16.2. The summed E-state index contributed by atoms with van der Waals surface area (Å²) in [6, 6.07) is 9.43. The molecule has 0 amide bonds. The van der Waals surface area contributed by atoms with Gasteiger partial charge in [-0.1, -0.05) is 15.9 Å². The SMILES string of the molecule is Cc1cc(Nc2ncnc3cc(Br)cc(N4CCC5(CC4)CC5)c23)cc(OCCC(F)(F)F)c1. The summed E-state index contributed by atoms with van der Waals surface area (Å²) >= 11 is 3.63. The zero-order valence-corrected chi connectivity index (χ0v) is 20.5. The maximum Gasteiger partial charge on any atom is 0.392 e. The number of rotatable bonds is 6. The lowest BCUT2D eigenvalue weighted by Crippen LogP contribution is -2.34. The summed E-state index contributed by atoms with van der Waals surface area (Å²) in [6.07, 6.45) is 1.38. The molecule has 2 heterocycles. The van der Waals surface area contributed by atoms with Crippen molar-refractivity contribution < 1.29 is 17.9 Å². The number of alkyl halides is 3. The predicted molar refractivity (Wildman–Crippen MR) is 131 cm³/mol. The maximum absolute atomic E-state index is 12.5. The lowest BCUT2D eigenvalue weighted by atomic mass is 9.93. The van der Waals surface area contributed by atoms with Gasteiger partial charge in [0.15, 0.2) is 0 Å². The molecule has 180 valence electrons. The third-order valence-corrected chi connectivity index (χ3v) is 7.23. The van der Waals surface area contributed by atoms with Crippen LogP contribution in [0.4, 0.5) is 30.4 Å². The summed E-state index contributed by atoms with van der Waals surface area (Å²) in [5, 5.41) is 4.30. The van der Waals surface area contributed by atoms with E-state index in [1.807, 2.05) is 19.1 Å². The molecule has 0 bridgehead atoms. The molecule has 0 atom stereocenters. The number of hydrogen-bond acceptors (Lipinski definition) is 5. The van der Waals surface area contributed by atoms with Crippen LogP contribution in [0.3, 0.4) is 0 Å². The number of nitrogens with one attached hydrogen (secondary N) is 1. The quantitative estimate of drug-likeness (QED) is 0.363. The smallest absolute Gasteiger partial charge is 0.392 e. The van der Waals surface area contributed by atoms with Gasteiger partial charge >= 0.3 is 6.18 Å². The fourth-order valence-electron chi connectivity index (χ4n) is 4.70. The zero-order valence-electron chi connectivity index (χ0n) is 18.9. The molecular formula is C25H26BrF3N4O. The Morgan fingerprint density at radius 1 is 1.06 bits per heavy atom. The number of halogens is 4. The highest BCUT2D eigenvalue weighted by molar-refractivity contribution is 9.10. The molecule has 1 spiro atoms. The van der Waals surface area contributed by atoms with Crippen LogP contribution in [0.15, 0.2) is 41.1 Å². The van der Waals surface area contributed by atoms with Crippen molar-refractivity contribution in [2.45, 2.75) is 45.2 Å². The van der Waals surface area contributed by atoms with Gasteiger partial charge in [0.25, 0.3) is 0 Å². The first kappa shape index (κ1) is 23.2. The van der Waals surface area contributed by atoms with Crippen LogP contribution >= 0.6 is 15.9 Å². The summed E-state index contributed by atoms with van der Waals surface area (Å²) < 4.78 is 43.9. The van der Waals surface area contributed by atoms with Crippen LogP contribution in [0.2, 0.25) is 0 Å². The number of benzene rings is 2. The second kappa shape index (κ2) is 8.91. The van der Waals surface area contributed by atoms with E-state index in [9.17, 15) is 13.2 Å². The molecule has 1 aliphatic heterocycles. The Balaban J connectivity index is 1.44. The lowest BCUT2D eigenvalue weighted by Gasteiger charge is -2.34. The monoisotopic (exact) mass is 534 g/mol. The van der Waals surface area contributed by atoms with E-state index >= 15 is 0 Å². The topological polar surface area (TPSA) is 50.3 Å². The average Bonchev–Trinajstić information content (AvgIpc) is 3.51. The van der Waals surface area contributed by atoms with Gasteiger partial charge in [0.05, 0.1) is 29.6 Å². The molecule has 2 aliphatic rings. The summed E-state index contributed by atoms with van der Waals surface area (Å²) in [5.74, 6) is 1.05. The first-order valence-electron chi connectivity index (χ1n) is 11.5. The number of aromatic nitrogens is 2. The molecular weight excluding hydrogens is 509 g/mol. The van der Waals surface area contributed by atoms with Crippen molar-refractivity contribution in [3.63, 3.8) is 0 Å². The fourth-order valence-corrected chi connectivity index (χ4v) is 5.14. The van der Waals surface area contributed by atoms with E-state index in [-0.39, 0.29) is 0 Å². The number of ether oxygens (including phenoxy) is 1. The van der Waals surface area contributed by atoms with E-state index in [0.29, 0.717) is 22.7 Å². The number of piperidine rings is 1. The molecule has 34 heavy (non-hydrogen) atoms. The second-order valence-electron chi connectivity index (χ2n) is 9.40. The number of anilines is 3. The fraction of sp³-hybridized carbons (Fsp3) is 0.440. The number of fused-ring (bicyclic) bond motifs is 1. The third kappa shape index (κ3) is 5.24. The minimum atomic E-state index is -4.25. The van der Waals surface area contributed by atoms with Crippen LogP contribution in [0.1, 0.15) is 37.7 Å². The van der Waals surface area contributed by atoms with E-state index in [1.54, 1.807) is 12.1 Å². The Labute approximate surface area is 204 Å². The van der Waals surface area contributed by atoms with Gasteiger partial charge in [-0.2, -0.15) is 13.2 Å². The molecule has 2 aromatic carbocycles. The molecule has 3 aromatic rings. The van der Waals surface area contributed by atoms with Gasteiger partial charge in [0.1, 0.15) is 17.9 Å². The molecule has 1 saturated carbocycles. The van der Waals surface area contributed by atoms with Crippen LogP contribution in [0.5, 0.6) is 5.75 Å². The average molecular weight is 535 g/mol. The number of nitrogens with zero attached hydrogens (tertiary/aromatic N) is 3. The van der Waals surface area contributed by atoms with Crippen molar-refractivity contribution in [2.24, 2.45) is 5.41 Å². The number of aryl methyl sites for hydroxylation is 1. The van der Waals surface area contributed by atoms with E-state index in [2.05, 4.69) is 42.2 Å². The van der Waals surface area contributed by atoms with Crippen LogP contribution in [-0.2, 0) is 0 Å². The van der Waals surface area contributed by atoms with Crippen LogP contribution in [0, 0.1) is 12.3 Å². The second-order valence-corrected chi connectivity index (χ2v) is 10.3. The Kier molecular flexibility index (Phi) is 6.08. The van der Waals surface area contributed by atoms with Crippen LogP contribution < -0.4 is 15.0 Å². The highest BCUT2D eigenvalue weighted by Gasteiger charge is 2.44. The molecule has 5 rings (SSSR count). The van der Waals surface area contributed by atoms with E-state index in [0.717, 1.165) is 39.7 Å². The summed E-state index contributed by atoms with van der Waals surface area (Å²) in [4.78, 5) is 11.4. The predicted octanol–water partition coefficient (Wildman–Crippen LogP) is 7.16. The summed E-state index contributed by atoms with van der Waals surface area (Å²) in [6.45, 7) is 3.46. The van der Waals surface area contributed by atoms with Gasteiger partial charge in [-0.3, -0.25) is 0 Å². The molecule has 0 radical (unpaired) electrons. The van der Waals surface area contributed by atoms with Crippen molar-refractivity contribution in [1.29, 1.82) is 0 Å². The minimum Gasteiger partial charge on any atom is -0.493 e. The molecule has 9 heteroatoms. The summed E-state index contributed by atoms with van der Waals surface area (Å²) in [7, 11) is 0. The van der Waals surface area contributed by atoms with Crippen molar-refractivity contribution in [3.8, 4) is 5.75 Å². The number of hydrogen-bond donors (Lipinski definition) is 1. The highest BCUT2D eigenvalue weighted by Crippen LogP contribution is 2.54. The Bertz CT molecular complexity index is 1200. The Morgan fingerprint density at radius 3 is 2.53 bits per heavy atom. The largest absolute Gasteiger partial charge is 0.493 e. The molecule has 0 unspecified atom stereocenters. The molecule has 1 N–H and O–H groups in total. The van der Waals surface area contributed by atoms with E-state index in [4.69, 9.17) is 4.74 Å². The Hall–Kier alpha value is -2.55. The van der Waals surface area contributed by atoms with Gasteiger partial charge in [0, 0.05) is 29.3 Å². The van der Waals surface area contributed by atoms with Crippen molar-refractivity contribution in [1.82, 2.24) is 9.97 Å². The van der Waals surface area contributed by atoms with Gasteiger partial charge in [-0.05, 0) is 67.9 Å². The van der Waals surface area contributed by atoms with Crippen molar-refractivity contribution in [3.05, 3.63) is 46.7 Å². The normalized spacial score (nSPS) is 17.3. The molecule has 5 nitrogen and oxygen atoms in total. The lowest BCUT2D eigenvalue weighted by molar-refractivity contribution is -0.139. The third-order valence-electron chi connectivity index (χ3n) is 6.77. The van der Waals surface area contributed by atoms with Gasteiger partial charge in [0.2, 0.25) is 0 Å². The Morgan fingerprint density at radius 2 is 1.82 bits per heavy atom. The molecule has 2 fully saturated rings. The van der Waals surface area contributed by atoms with Crippen LogP contribution in [0.25, 0.3) is 10.9 Å². The van der Waals surface area contributed by atoms with Gasteiger partial charge in [-0.15, -0.1) is 0 Å². The van der Waals surface area contributed by atoms with Crippen LogP contribution in [-0.4, -0.2) is 35.8 Å². The van der Waals surface area contributed by atoms with Gasteiger partial charge in [-0.25, -0.2) is 9.97 Å². The molecule has 1 aliphatic carbocycles. The summed E-state index contributed by atoms with van der Waals surface area (Å²) in [5.41, 5.74) is 4.05. The van der Waals surface area contributed by atoms with E-state index in [1.165, 1.54) is 32.0 Å². The highest BCUT2D eigenvalue weighted by atomic mass is 79.9. The first-order valence-corrected chi connectivity index (χ1v) is 12.3. The minimum absolute atomic E-state index is 0.388. The molecule has 1 aromatic heterocycles.